The fourth-order valence-electron chi connectivity index (χ4n) is 3.67. The number of fused-ring (bicyclic) bond motifs is 1. The molecule has 1 atom stereocenters. The Morgan fingerprint density at radius 3 is 2.72 bits per heavy atom. The summed E-state index contributed by atoms with van der Waals surface area (Å²) < 4.78 is 41.1. The highest BCUT2D eigenvalue weighted by atomic mass is 35.5. The molecule has 1 fully saturated rings. The number of aryl methyl sites for hydroxylation is 1. The number of carbonyl (C=O) groups excluding carboxylic acids is 1. The third-order valence-electron chi connectivity index (χ3n) is 5.24. The second-order valence-electron chi connectivity index (χ2n) is 7.33. The van der Waals surface area contributed by atoms with Gasteiger partial charge in [0.25, 0.3) is 5.91 Å². The Hall–Kier alpha value is -2.06. The van der Waals surface area contributed by atoms with Crippen LogP contribution in [-0.2, 0) is 6.54 Å². The number of thiophene rings is 1. The first kappa shape index (κ1) is 20.2. The summed E-state index contributed by atoms with van der Waals surface area (Å²) in [5.41, 5.74) is 1.81. The molecular weight excluding hydrogens is 423 g/mol. The molecule has 0 unspecified atom stereocenters. The molecule has 3 heterocycles. The van der Waals surface area contributed by atoms with Gasteiger partial charge in [-0.1, -0.05) is 23.7 Å². The van der Waals surface area contributed by atoms with Crippen LogP contribution >= 0.6 is 22.9 Å². The standard InChI is InChI=1S/C20H19ClF3N3OS/c1-12-16-9-17(18(28)26-8-2-3-14(11-26)20(22,23)24)29-19(16)27(25-12)10-13-4-6-15(21)7-5-13/h4-7,9,14H,2-3,8,10-11H2,1H3/t14-/m0/s1. The molecule has 4 nitrogen and oxygen atoms in total. The van der Waals surface area contributed by atoms with Gasteiger partial charge >= 0.3 is 6.18 Å². The van der Waals surface area contributed by atoms with Crippen molar-refractivity contribution in [2.24, 2.45) is 5.92 Å². The van der Waals surface area contributed by atoms with Crippen LogP contribution in [0.5, 0.6) is 0 Å². The smallest absolute Gasteiger partial charge is 0.337 e. The molecule has 0 bridgehead atoms. The molecule has 1 aromatic carbocycles. The number of nitrogens with zero attached hydrogens (tertiary/aromatic N) is 3. The van der Waals surface area contributed by atoms with E-state index in [0.717, 1.165) is 21.5 Å². The van der Waals surface area contributed by atoms with Gasteiger partial charge < -0.3 is 4.90 Å². The summed E-state index contributed by atoms with van der Waals surface area (Å²) in [5, 5.41) is 6.05. The fourth-order valence-corrected chi connectivity index (χ4v) is 4.93. The average molecular weight is 442 g/mol. The maximum absolute atomic E-state index is 13.1. The highest BCUT2D eigenvalue weighted by molar-refractivity contribution is 7.20. The monoisotopic (exact) mass is 441 g/mol. The van der Waals surface area contributed by atoms with Gasteiger partial charge in [-0.05, 0) is 43.5 Å². The first-order valence-corrected chi connectivity index (χ1v) is 10.5. The largest absolute Gasteiger partial charge is 0.393 e. The number of amides is 1. The first-order chi connectivity index (χ1) is 13.7. The van der Waals surface area contributed by atoms with Crippen LogP contribution in [0.25, 0.3) is 10.2 Å². The molecule has 1 aliphatic rings. The Morgan fingerprint density at radius 2 is 2.03 bits per heavy atom. The van der Waals surface area contributed by atoms with Gasteiger partial charge in [-0.2, -0.15) is 18.3 Å². The minimum atomic E-state index is -4.27. The molecular formula is C20H19ClF3N3OS. The van der Waals surface area contributed by atoms with Crippen molar-refractivity contribution in [1.29, 1.82) is 0 Å². The van der Waals surface area contributed by atoms with Crippen molar-refractivity contribution in [3.05, 3.63) is 51.5 Å². The highest BCUT2D eigenvalue weighted by Gasteiger charge is 2.43. The van der Waals surface area contributed by atoms with Crippen molar-refractivity contribution in [2.45, 2.75) is 32.5 Å². The van der Waals surface area contributed by atoms with E-state index in [1.807, 2.05) is 23.7 Å². The summed E-state index contributed by atoms with van der Waals surface area (Å²) in [7, 11) is 0. The van der Waals surface area contributed by atoms with E-state index in [2.05, 4.69) is 5.10 Å². The van der Waals surface area contributed by atoms with Gasteiger partial charge in [-0.15, -0.1) is 11.3 Å². The quantitative estimate of drug-likeness (QED) is 0.536. The number of alkyl halides is 3. The highest BCUT2D eigenvalue weighted by Crippen LogP contribution is 2.35. The number of likely N-dealkylation sites (tertiary alicyclic amines) is 1. The Bertz CT molecular complexity index is 1040. The zero-order chi connectivity index (χ0) is 20.8. The van der Waals surface area contributed by atoms with E-state index in [0.29, 0.717) is 29.4 Å². The topological polar surface area (TPSA) is 38.1 Å². The normalized spacial score (nSPS) is 17.8. The number of benzene rings is 1. The SMILES string of the molecule is Cc1nn(Cc2ccc(Cl)cc2)c2sc(C(=O)N3CCC[C@H](C(F)(F)F)C3)cc12. The van der Waals surface area contributed by atoms with Crippen LogP contribution in [0.3, 0.4) is 0 Å². The second kappa shape index (κ2) is 7.65. The van der Waals surface area contributed by atoms with Crippen molar-refractivity contribution in [3.8, 4) is 0 Å². The number of rotatable bonds is 3. The summed E-state index contributed by atoms with van der Waals surface area (Å²) in [5.74, 6) is -1.78. The predicted octanol–water partition coefficient (Wildman–Crippen LogP) is 5.52. The minimum Gasteiger partial charge on any atom is -0.337 e. The molecule has 0 saturated carbocycles. The van der Waals surface area contributed by atoms with E-state index in [9.17, 15) is 18.0 Å². The average Bonchev–Trinajstić information content (AvgIpc) is 3.24. The van der Waals surface area contributed by atoms with E-state index in [1.54, 1.807) is 18.2 Å². The van der Waals surface area contributed by atoms with E-state index < -0.39 is 12.1 Å². The predicted molar refractivity (Wildman–Crippen MR) is 108 cm³/mol. The van der Waals surface area contributed by atoms with Gasteiger partial charge in [0, 0.05) is 23.5 Å². The summed E-state index contributed by atoms with van der Waals surface area (Å²) in [6.45, 7) is 2.47. The summed E-state index contributed by atoms with van der Waals surface area (Å²) >= 11 is 7.21. The molecule has 0 spiro atoms. The maximum atomic E-state index is 13.1. The zero-order valence-corrected chi connectivity index (χ0v) is 17.2. The van der Waals surface area contributed by atoms with Crippen molar-refractivity contribution < 1.29 is 18.0 Å². The summed E-state index contributed by atoms with van der Waals surface area (Å²) in [6.07, 6.45) is -3.83. The third-order valence-corrected chi connectivity index (χ3v) is 6.62. The van der Waals surface area contributed by atoms with E-state index in [1.165, 1.54) is 16.2 Å². The number of hydrogen-bond donors (Lipinski definition) is 0. The van der Waals surface area contributed by atoms with Crippen molar-refractivity contribution in [1.82, 2.24) is 14.7 Å². The molecule has 4 rings (SSSR count). The van der Waals surface area contributed by atoms with Crippen molar-refractivity contribution >= 4 is 39.1 Å². The Morgan fingerprint density at radius 1 is 1.31 bits per heavy atom. The third kappa shape index (κ3) is 4.14. The molecule has 1 saturated heterocycles. The van der Waals surface area contributed by atoms with Crippen LogP contribution in [0.4, 0.5) is 13.2 Å². The molecule has 1 aliphatic heterocycles. The Kier molecular flexibility index (Phi) is 5.33. The van der Waals surface area contributed by atoms with Gasteiger partial charge in [-0.25, -0.2) is 0 Å². The van der Waals surface area contributed by atoms with Crippen LogP contribution in [0, 0.1) is 12.8 Å². The van der Waals surface area contributed by atoms with Gasteiger partial charge in [-0.3, -0.25) is 9.48 Å². The second-order valence-corrected chi connectivity index (χ2v) is 8.80. The van der Waals surface area contributed by atoms with E-state index in [-0.39, 0.29) is 18.9 Å². The fraction of sp³-hybridized carbons (Fsp3) is 0.400. The van der Waals surface area contributed by atoms with Gasteiger partial charge in [0.2, 0.25) is 0 Å². The molecule has 1 amide bonds. The number of carbonyl (C=O) groups is 1. The molecule has 3 aromatic rings. The number of hydrogen-bond acceptors (Lipinski definition) is 3. The lowest BCUT2D eigenvalue weighted by atomic mass is 9.97. The Balaban J connectivity index is 1.58. The maximum Gasteiger partial charge on any atom is 0.393 e. The molecule has 0 aliphatic carbocycles. The molecule has 0 radical (unpaired) electrons. The lowest BCUT2D eigenvalue weighted by molar-refractivity contribution is -0.184. The number of halogens is 4. The van der Waals surface area contributed by atoms with Crippen LogP contribution in [0.2, 0.25) is 5.02 Å². The lowest BCUT2D eigenvalue weighted by Crippen LogP contribution is -2.44. The molecule has 154 valence electrons. The van der Waals surface area contributed by atoms with Crippen molar-refractivity contribution in [2.75, 3.05) is 13.1 Å². The van der Waals surface area contributed by atoms with Crippen molar-refractivity contribution in [3.63, 3.8) is 0 Å². The van der Waals surface area contributed by atoms with E-state index >= 15 is 0 Å². The molecule has 0 N–H and O–H groups in total. The van der Waals surface area contributed by atoms with Gasteiger partial charge in [0.1, 0.15) is 4.83 Å². The lowest BCUT2D eigenvalue weighted by Gasteiger charge is -2.33. The summed E-state index contributed by atoms with van der Waals surface area (Å²) in [6, 6.07) is 9.19. The summed E-state index contributed by atoms with van der Waals surface area (Å²) in [4.78, 5) is 15.5. The molecule has 9 heteroatoms. The Labute approximate surface area is 174 Å². The van der Waals surface area contributed by atoms with Crippen LogP contribution in [0.15, 0.2) is 30.3 Å². The zero-order valence-electron chi connectivity index (χ0n) is 15.7. The first-order valence-electron chi connectivity index (χ1n) is 9.30. The van der Waals surface area contributed by atoms with Crippen LogP contribution in [-0.4, -0.2) is 39.9 Å². The number of aromatic nitrogens is 2. The van der Waals surface area contributed by atoms with Crippen LogP contribution in [0.1, 0.15) is 33.8 Å². The van der Waals surface area contributed by atoms with E-state index in [4.69, 9.17) is 11.6 Å². The van der Waals surface area contributed by atoms with Gasteiger partial charge in [0.15, 0.2) is 0 Å². The molecule has 2 aromatic heterocycles. The van der Waals surface area contributed by atoms with Crippen LogP contribution < -0.4 is 0 Å². The number of piperidine rings is 1. The minimum absolute atomic E-state index is 0.0782. The molecule has 29 heavy (non-hydrogen) atoms. The van der Waals surface area contributed by atoms with Gasteiger partial charge in [0.05, 0.1) is 23.0 Å².